The van der Waals surface area contributed by atoms with Crippen molar-refractivity contribution < 1.29 is 4.39 Å². The van der Waals surface area contributed by atoms with Crippen molar-refractivity contribution in [3.05, 3.63) is 66.2 Å². The van der Waals surface area contributed by atoms with Crippen LogP contribution in [0.5, 0.6) is 0 Å². The van der Waals surface area contributed by atoms with E-state index in [4.69, 9.17) is 0 Å². The van der Waals surface area contributed by atoms with Crippen LogP contribution >= 0.6 is 0 Å². The van der Waals surface area contributed by atoms with Crippen LogP contribution in [0.2, 0.25) is 0 Å². The fourth-order valence-electron chi connectivity index (χ4n) is 3.16. The highest BCUT2D eigenvalue weighted by Crippen LogP contribution is 2.22. The van der Waals surface area contributed by atoms with Crippen LogP contribution in [0.25, 0.3) is 0 Å². The lowest BCUT2D eigenvalue weighted by molar-refractivity contribution is 0.631. The van der Waals surface area contributed by atoms with Crippen LogP contribution in [0.15, 0.2) is 54.7 Å². The minimum atomic E-state index is -0.326. The van der Waals surface area contributed by atoms with Gasteiger partial charge in [-0.15, -0.1) is 0 Å². The zero-order valence-electron chi connectivity index (χ0n) is 15.1. The lowest BCUT2D eigenvalue weighted by Gasteiger charge is -2.36. The molecule has 2 aromatic heterocycles. The standard InChI is InChI=1S/C20H21FN6/c1-15-14-19(25-20(23-15)24-17-7-3-2-6-16(17)21)27-12-10-26(11-13-27)18-8-4-5-9-22-18/h2-9,14H,10-13H2,1H3,(H,23,24,25). The van der Waals surface area contributed by atoms with E-state index in [2.05, 4.69) is 30.1 Å². The molecule has 6 nitrogen and oxygen atoms in total. The summed E-state index contributed by atoms with van der Waals surface area (Å²) in [5.74, 6) is 1.93. The molecule has 0 unspecified atom stereocenters. The van der Waals surface area contributed by atoms with Crippen LogP contribution < -0.4 is 15.1 Å². The van der Waals surface area contributed by atoms with Crippen molar-refractivity contribution in [3.63, 3.8) is 0 Å². The van der Waals surface area contributed by atoms with Crippen LogP contribution in [-0.4, -0.2) is 41.1 Å². The van der Waals surface area contributed by atoms with E-state index in [1.807, 2.05) is 37.4 Å². The second-order valence-electron chi connectivity index (χ2n) is 6.46. The van der Waals surface area contributed by atoms with Gasteiger partial charge in [-0.1, -0.05) is 18.2 Å². The molecule has 0 saturated carbocycles. The maximum atomic E-state index is 13.9. The van der Waals surface area contributed by atoms with Gasteiger partial charge in [0.2, 0.25) is 5.95 Å². The second-order valence-corrected chi connectivity index (χ2v) is 6.46. The summed E-state index contributed by atoms with van der Waals surface area (Å²) in [6.07, 6.45) is 1.82. The third kappa shape index (κ3) is 3.97. The molecule has 1 fully saturated rings. The quantitative estimate of drug-likeness (QED) is 0.766. The summed E-state index contributed by atoms with van der Waals surface area (Å²) in [6, 6.07) is 14.4. The lowest BCUT2D eigenvalue weighted by Crippen LogP contribution is -2.47. The number of anilines is 4. The zero-order valence-corrected chi connectivity index (χ0v) is 15.1. The van der Waals surface area contributed by atoms with E-state index in [-0.39, 0.29) is 5.82 Å². The van der Waals surface area contributed by atoms with Gasteiger partial charge in [-0.05, 0) is 31.2 Å². The van der Waals surface area contributed by atoms with Gasteiger partial charge in [0.15, 0.2) is 0 Å². The van der Waals surface area contributed by atoms with Gasteiger partial charge < -0.3 is 15.1 Å². The SMILES string of the molecule is Cc1cc(N2CCN(c3ccccn3)CC2)nc(Nc2ccccc2F)n1. The molecule has 0 aliphatic carbocycles. The molecule has 3 heterocycles. The summed E-state index contributed by atoms with van der Waals surface area (Å²) in [5.41, 5.74) is 1.21. The number of hydrogen-bond acceptors (Lipinski definition) is 6. The Hall–Kier alpha value is -3.22. The molecule has 0 amide bonds. The Morgan fingerprint density at radius 3 is 2.30 bits per heavy atom. The van der Waals surface area contributed by atoms with Gasteiger partial charge in [0.1, 0.15) is 17.5 Å². The molecule has 3 aromatic rings. The van der Waals surface area contributed by atoms with Gasteiger partial charge in [0.25, 0.3) is 0 Å². The predicted octanol–water partition coefficient (Wildman–Crippen LogP) is 3.39. The first-order valence-corrected chi connectivity index (χ1v) is 8.97. The van der Waals surface area contributed by atoms with Crippen LogP contribution in [-0.2, 0) is 0 Å². The number of piperazine rings is 1. The Balaban J connectivity index is 1.48. The average molecular weight is 364 g/mol. The number of hydrogen-bond donors (Lipinski definition) is 1. The number of pyridine rings is 1. The Morgan fingerprint density at radius 1 is 0.889 bits per heavy atom. The van der Waals surface area contributed by atoms with Gasteiger partial charge in [0.05, 0.1) is 5.69 Å². The summed E-state index contributed by atoms with van der Waals surface area (Å²) < 4.78 is 13.9. The van der Waals surface area contributed by atoms with E-state index in [9.17, 15) is 4.39 Å². The van der Waals surface area contributed by atoms with Crippen molar-refractivity contribution in [2.45, 2.75) is 6.92 Å². The molecule has 4 rings (SSSR count). The minimum Gasteiger partial charge on any atom is -0.353 e. The van der Waals surface area contributed by atoms with Crippen LogP contribution in [0.4, 0.5) is 27.7 Å². The van der Waals surface area contributed by atoms with Crippen molar-refractivity contribution in [2.24, 2.45) is 0 Å². The molecule has 27 heavy (non-hydrogen) atoms. The number of nitrogens with zero attached hydrogens (tertiary/aromatic N) is 5. The zero-order chi connectivity index (χ0) is 18.6. The summed E-state index contributed by atoms with van der Waals surface area (Å²) in [6.45, 7) is 5.34. The molecule has 1 aliphatic heterocycles. The molecule has 1 aliphatic rings. The summed E-state index contributed by atoms with van der Waals surface area (Å²) >= 11 is 0. The van der Waals surface area contributed by atoms with Crippen molar-refractivity contribution in [2.75, 3.05) is 41.3 Å². The van der Waals surface area contributed by atoms with Crippen molar-refractivity contribution in [1.82, 2.24) is 15.0 Å². The van der Waals surface area contributed by atoms with E-state index in [0.29, 0.717) is 11.6 Å². The normalized spacial score (nSPS) is 14.3. The first-order chi connectivity index (χ1) is 13.2. The maximum Gasteiger partial charge on any atom is 0.229 e. The summed E-state index contributed by atoms with van der Waals surface area (Å²) in [7, 11) is 0. The molecule has 1 saturated heterocycles. The smallest absolute Gasteiger partial charge is 0.229 e. The van der Waals surface area contributed by atoms with Crippen LogP contribution in [0.3, 0.4) is 0 Å². The van der Waals surface area contributed by atoms with Crippen LogP contribution in [0.1, 0.15) is 5.69 Å². The highest BCUT2D eigenvalue weighted by Gasteiger charge is 2.20. The molecule has 7 heteroatoms. The number of aromatic nitrogens is 3. The van der Waals surface area contributed by atoms with Crippen molar-refractivity contribution >= 4 is 23.3 Å². The predicted molar refractivity (Wildman–Crippen MR) is 105 cm³/mol. The molecule has 0 radical (unpaired) electrons. The fourth-order valence-corrected chi connectivity index (χ4v) is 3.16. The van der Waals surface area contributed by atoms with Gasteiger partial charge in [0, 0.05) is 44.1 Å². The van der Waals surface area contributed by atoms with Crippen molar-refractivity contribution in [1.29, 1.82) is 0 Å². The molecule has 0 atom stereocenters. The van der Waals surface area contributed by atoms with Gasteiger partial charge in [-0.25, -0.2) is 14.4 Å². The van der Waals surface area contributed by atoms with E-state index in [0.717, 1.165) is 43.5 Å². The highest BCUT2D eigenvalue weighted by atomic mass is 19.1. The Kier molecular flexibility index (Phi) is 4.82. The fraction of sp³-hybridized carbons (Fsp3) is 0.250. The molecular weight excluding hydrogens is 343 g/mol. The van der Waals surface area contributed by atoms with Gasteiger partial charge in [-0.2, -0.15) is 4.98 Å². The summed E-state index contributed by atoms with van der Waals surface area (Å²) in [4.78, 5) is 17.9. The highest BCUT2D eigenvalue weighted by molar-refractivity contribution is 5.56. The topological polar surface area (TPSA) is 57.2 Å². The monoisotopic (exact) mass is 364 g/mol. The third-order valence-electron chi connectivity index (χ3n) is 4.54. The molecular formula is C20H21FN6. The van der Waals surface area contributed by atoms with Crippen LogP contribution in [0, 0.1) is 12.7 Å². The first-order valence-electron chi connectivity index (χ1n) is 8.97. The Bertz CT molecular complexity index is 909. The molecule has 1 aromatic carbocycles. The van der Waals surface area contributed by atoms with E-state index >= 15 is 0 Å². The Labute approximate surface area is 157 Å². The lowest BCUT2D eigenvalue weighted by atomic mass is 10.3. The molecule has 0 bridgehead atoms. The Morgan fingerprint density at radius 2 is 1.59 bits per heavy atom. The van der Waals surface area contributed by atoms with E-state index in [1.165, 1.54) is 6.07 Å². The minimum absolute atomic E-state index is 0.326. The number of benzene rings is 1. The third-order valence-corrected chi connectivity index (χ3v) is 4.54. The molecule has 138 valence electrons. The van der Waals surface area contributed by atoms with Crippen molar-refractivity contribution in [3.8, 4) is 0 Å². The van der Waals surface area contributed by atoms with Gasteiger partial charge in [-0.3, -0.25) is 0 Å². The summed E-state index contributed by atoms with van der Waals surface area (Å²) in [5, 5.41) is 2.98. The number of nitrogens with one attached hydrogen (secondary N) is 1. The maximum absolute atomic E-state index is 13.9. The van der Waals surface area contributed by atoms with E-state index < -0.39 is 0 Å². The van der Waals surface area contributed by atoms with E-state index in [1.54, 1.807) is 18.2 Å². The first kappa shape index (κ1) is 17.2. The second kappa shape index (κ2) is 7.57. The number of rotatable bonds is 4. The largest absolute Gasteiger partial charge is 0.353 e. The van der Waals surface area contributed by atoms with Gasteiger partial charge >= 0.3 is 0 Å². The number of aryl methyl sites for hydroxylation is 1. The number of para-hydroxylation sites is 1. The average Bonchev–Trinajstić information content (AvgIpc) is 2.70. The molecule has 1 N–H and O–H groups in total. The molecule has 0 spiro atoms. The number of halogens is 1.